The second-order valence-electron chi connectivity index (χ2n) is 8.48. The first kappa shape index (κ1) is 22.2. The van der Waals surface area contributed by atoms with Gasteiger partial charge >= 0.3 is 0 Å². The second kappa shape index (κ2) is 9.22. The van der Waals surface area contributed by atoms with E-state index in [0.717, 1.165) is 16.0 Å². The van der Waals surface area contributed by atoms with Gasteiger partial charge in [-0.3, -0.25) is 19.3 Å². The Morgan fingerprint density at radius 2 is 1.75 bits per heavy atom. The summed E-state index contributed by atoms with van der Waals surface area (Å²) in [5, 5.41) is 0. The van der Waals surface area contributed by atoms with Gasteiger partial charge in [-0.1, -0.05) is 54.6 Å². The smallest absolute Gasteiger partial charge is 0.240 e. The monoisotopic (exact) mass is 436 g/mol. The van der Waals surface area contributed by atoms with Crippen LogP contribution in [0.25, 0.3) is 11.1 Å². The molecule has 2 aliphatic rings. The van der Waals surface area contributed by atoms with Crippen LogP contribution < -0.4 is 0 Å². The van der Waals surface area contributed by atoms with Crippen LogP contribution in [0.1, 0.15) is 18.4 Å². The summed E-state index contributed by atoms with van der Waals surface area (Å²) in [6.07, 6.45) is -0.283. The van der Waals surface area contributed by atoms with Gasteiger partial charge in [-0.25, -0.2) is 0 Å². The van der Waals surface area contributed by atoms with Gasteiger partial charge in [0.1, 0.15) is 0 Å². The van der Waals surface area contributed by atoms with E-state index < -0.39 is 5.41 Å². The fourth-order valence-electron chi connectivity index (χ4n) is 4.41. The van der Waals surface area contributed by atoms with Crippen LogP contribution >= 0.6 is 0 Å². The molecular weight excluding hydrogens is 408 g/mol. The van der Waals surface area contributed by atoms with Crippen LogP contribution in [0.3, 0.4) is 0 Å². The third kappa shape index (κ3) is 4.31. The minimum absolute atomic E-state index is 0.0182. The van der Waals surface area contributed by atoms with Gasteiger partial charge in [0, 0.05) is 33.5 Å². The average molecular weight is 437 g/mol. The minimum Gasteiger partial charge on any atom is -0.376 e. The van der Waals surface area contributed by atoms with Crippen molar-refractivity contribution in [3.05, 3.63) is 60.2 Å². The molecule has 2 saturated heterocycles. The van der Waals surface area contributed by atoms with E-state index in [1.807, 2.05) is 54.6 Å². The quantitative estimate of drug-likeness (QED) is 0.650. The number of benzene rings is 2. The van der Waals surface area contributed by atoms with Crippen molar-refractivity contribution in [2.45, 2.75) is 24.4 Å². The van der Waals surface area contributed by atoms with Crippen molar-refractivity contribution in [2.75, 3.05) is 40.5 Å². The van der Waals surface area contributed by atoms with E-state index in [1.165, 1.54) is 7.05 Å². The molecule has 7 heteroatoms. The highest BCUT2D eigenvalue weighted by Crippen LogP contribution is 2.40. The molecule has 0 spiro atoms. The van der Waals surface area contributed by atoms with E-state index in [-0.39, 0.29) is 36.7 Å². The zero-order valence-electron chi connectivity index (χ0n) is 18.5. The number of rotatable bonds is 6. The Hall–Kier alpha value is -3.03. The number of hydrogen-bond acceptors (Lipinski definition) is 5. The zero-order chi connectivity index (χ0) is 22.7. The number of carbonyl (C=O) groups excluding carboxylic acids is 3. The van der Waals surface area contributed by atoms with Crippen molar-refractivity contribution in [1.82, 2.24) is 9.80 Å². The van der Waals surface area contributed by atoms with Gasteiger partial charge in [-0.15, -0.1) is 0 Å². The predicted octanol–water partition coefficient (Wildman–Crippen LogP) is 2.24. The van der Waals surface area contributed by atoms with E-state index in [1.54, 1.807) is 11.9 Å². The lowest BCUT2D eigenvalue weighted by atomic mass is 9.75. The summed E-state index contributed by atoms with van der Waals surface area (Å²) in [6.45, 7) is 1.87. The van der Waals surface area contributed by atoms with E-state index in [2.05, 4.69) is 0 Å². The predicted molar refractivity (Wildman–Crippen MR) is 119 cm³/mol. The van der Waals surface area contributed by atoms with E-state index in [4.69, 9.17) is 9.47 Å². The van der Waals surface area contributed by atoms with Gasteiger partial charge < -0.3 is 14.4 Å². The molecule has 3 amide bonds. The first-order valence-electron chi connectivity index (χ1n) is 10.8. The highest BCUT2D eigenvalue weighted by Gasteiger charge is 2.52. The largest absolute Gasteiger partial charge is 0.376 e. The van der Waals surface area contributed by atoms with E-state index in [0.29, 0.717) is 31.9 Å². The normalized spacial score (nSPS) is 23.4. The topological polar surface area (TPSA) is 76.2 Å². The minimum atomic E-state index is -1.20. The van der Waals surface area contributed by atoms with Crippen LogP contribution in [0, 0.1) is 0 Å². The van der Waals surface area contributed by atoms with Crippen LogP contribution in [0.15, 0.2) is 54.6 Å². The van der Waals surface area contributed by atoms with Crippen LogP contribution in [0.4, 0.5) is 0 Å². The lowest BCUT2D eigenvalue weighted by Gasteiger charge is -2.31. The molecule has 7 nitrogen and oxygen atoms in total. The molecule has 168 valence electrons. The molecule has 2 aromatic rings. The fourth-order valence-corrected chi connectivity index (χ4v) is 4.41. The lowest BCUT2D eigenvalue weighted by molar-refractivity contribution is -0.143. The van der Waals surface area contributed by atoms with Gasteiger partial charge in [0.25, 0.3) is 0 Å². The molecule has 0 radical (unpaired) electrons. The molecule has 4 rings (SSSR count). The number of nitrogens with zero attached hydrogens (tertiary/aromatic N) is 2. The Bertz CT molecular complexity index is 985. The molecule has 0 N–H and O–H groups in total. The molecule has 2 fully saturated rings. The van der Waals surface area contributed by atoms with Crippen molar-refractivity contribution in [3.8, 4) is 11.1 Å². The second-order valence-corrected chi connectivity index (χ2v) is 8.48. The number of likely N-dealkylation sites (N-methyl/N-ethyl adjacent to an activating group) is 2. The summed E-state index contributed by atoms with van der Waals surface area (Å²) in [4.78, 5) is 41.6. The standard InChI is InChI=1S/C25H28N2O5/c1-26(16-21-17-31-12-13-32-21)22(28)14-25(15-23(29)27(2)24(25)30)20-10-8-19(9-11-20)18-6-4-3-5-7-18/h3-11,21H,12-17H2,1-2H3/t21-,25+/m1/s1. The molecular formula is C25H28N2O5. The molecule has 0 bridgehead atoms. The number of hydrogen-bond donors (Lipinski definition) is 0. The Morgan fingerprint density at radius 1 is 1.06 bits per heavy atom. The summed E-state index contributed by atoms with van der Waals surface area (Å²) in [7, 11) is 3.17. The number of amides is 3. The van der Waals surface area contributed by atoms with E-state index >= 15 is 0 Å². The van der Waals surface area contributed by atoms with Crippen molar-refractivity contribution >= 4 is 17.7 Å². The Kier molecular flexibility index (Phi) is 6.39. The highest BCUT2D eigenvalue weighted by atomic mass is 16.6. The molecule has 2 heterocycles. The first-order chi connectivity index (χ1) is 15.4. The Balaban J connectivity index is 1.58. The number of ether oxygens (including phenoxy) is 2. The highest BCUT2D eigenvalue weighted by molar-refractivity contribution is 6.10. The molecule has 2 aliphatic heterocycles. The Labute approximate surface area is 187 Å². The van der Waals surface area contributed by atoms with Crippen LogP contribution in [-0.2, 0) is 29.3 Å². The maximum Gasteiger partial charge on any atom is 0.240 e. The summed E-state index contributed by atoms with van der Waals surface area (Å²) >= 11 is 0. The van der Waals surface area contributed by atoms with Crippen LogP contribution in [-0.4, -0.2) is 74.1 Å². The zero-order valence-corrected chi connectivity index (χ0v) is 18.5. The third-order valence-electron chi connectivity index (χ3n) is 6.33. The van der Waals surface area contributed by atoms with Crippen molar-refractivity contribution in [2.24, 2.45) is 0 Å². The number of likely N-dealkylation sites (tertiary alicyclic amines) is 1. The molecule has 0 aliphatic carbocycles. The van der Waals surface area contributed by atoms with Crippen molar-refractivity contribution in [3.63, 3.8) is 0 Å². The van der Waals surface area contributed by atoms with Gasteiger partial charge in [-0.05, 0) is 16.7 Å². The molecule has 32 heavy (non-hydrogen) atoms. The summed E-state index contributed by atoms with van der Waals surface area (Å²) < 4.78 is 11.1. The van der Waals surface area contributed by atoms with Crippen molar-refractivity contribution in [1.29, 1.82) is 0 Å². The summed E-state index contributed by atoms with van der Waals surface area (Å²) in [6, 6.07) is 17.5. The maximum atomic E-state index is 13.2. The number of imide groups is 1. The molecule has 2 atom stereocenters. The molecule has 0 unspecified atom stereocenters. The molecule has 2 aromatic carbocycles. The third-order valence-corrected chi connectivity index (χ3v) is 6.33. The number of carbonyl (C=O) groups is 3. The molecule has 0 saturated carbocycles. The Morgan fingerprint density at radius 3 is 2.34 bits per heavy atom. The van der Waals surface area contributed by atoms with Crippen LogP contribution in [0.2, 0.25) is 0 Å². The average Bonchev–Trinajstić information content (AvgIpc) is 3.04. The SMILES string of the molecule is CN(C[C@@H]1COCCO1)C(=O)C[C@@]1(c2ccc(-c3ccccc3)cc2)CC(=O)N(C)C1=O. The van der Waals surface area contributed by atoms with Crippen LogP contribution in [0.5, 0.6) is 0 Å². The molecule has 0 aromatic heterocycles. The summed E-state index contributed by atoms with van der Waals surface area (Å²) in [5.41, 5.74) is 1.55. The van der Waals surface area contributed by atoms with Gasteiger partial charge in [0.05, 0.1) is 31.3 Å². The van der Waals surface area contributed by atoms with Gasteiger partial charge in [0.2, 0.25) is 17.7 Å². The first-order valence-corrected chi connectivity index (χ1v) is 10.8. The lowest BCUT2D eigenvalue weighted by Crippen LogP contribution is -2.45. The fraction of sp³-hybridized carbons (Fsp3) is 0.400. The van der Waals surface area contributed by atoms with Crippen molar-refractivity contribution < 1.29 is 23.9 Å². The van der Waals surface area contributed by atoms with E-state index in [9.17, 15) is 14.4 Å². The van der Waals surface area contributed by atoms with Gasteiger partial charge in [0.15, 0.2) is 0 Å². The van der Waals surface area contributed by atoms with Gasteiger partial charge in [-0.2, -0.15) is 0 Å². The maximum absolute atomic E-state index is 13.2. The summed E-state index contributed by atoms with van der Waals surface area (Å²) in [5.74, 6) is -0.821.